The van der Waals surface area contributed by atoms with E-state index in [-0.39, 0.29) is 5.91 Å². The SMILES string of the molecule is COCCOCCOCCCNC(C)=O. The third-order valence-electron chi connectivity index (χ3n) is 1.64. The molecule has 0 spiro atoms. The van der Waals surface area contributed by atoms with E-state index in [1.807, 2.05) is 0 Å². The molecule has 0 aliphatic heterocycles. The number of nitrogens with one attached hydrogen (secondary N) is 1. The normalized spacial score (nSPS) is 10.3. The van der Waals surface area contributed by atoms with Crippen LogP contribution in [-0.4, -0.2) is 52.6 Å². The lowest BCUT2D eigenvalue weighted by atomic mass is 10.4. The Morgan fingerprint density at radius 3 is 2.27 bits per heavy atom. The zero-order valence-corrected chi connectivity index (χ0v) is 9.58. The van der Waals surface area contributed by atoms with Gasteiger partial charge in [0.2, 0.25) is 5.91 Å². The molecule has 5 nitrogen and oxygen atoms in total. The van der Waals surface area contributed by atoms with Crippen molar-refractivity contribution in [2.45, 2.75) is 13.3 Å². The molecule has 0 aromatic rings. The molecule has 5 heteroatoms. The molecule has 0 atom stereocenters. The smallest absolute Gasteiger partial charge is 0.216 e. The summed E-state index contributed by atoms with van der Waals surface area (Å²) in [6.07, 6.45) is 0.831. The summed E-state index contributed by atoms with van der Waals surface area (Å²) < 4.78 is 15.3. The van der Waals surface area contributed by atoms with Gasteiger partial charge < -0.3 is 19.5 Å². The fourth-order valence-corrected chi connectivity index (χ4v) is 0.903. The van der Waals surface area contributed by atoms with Gasteiger partial charge in [0.1, 0.15) is 0 Å². The van der Waals surface area contributed by atoms with Crippen molar-refractivity contribution in [3.05, 3.63) is 0 Å². The average Bonchev–Trinajstić information content (AvgIpc) is 2.20. The van der Waals surface area contributed by atoms with Gasteiger partial charge in [-0.15, -0.1) is 0 Å². The van der Waals surface area contributed by atoms with Crippen molar-refractivity contribution < 1.29 is 19.0 Å². The number of ether oxygens (including phenoxy) is 3. The molecule has 0 saturated heterocycles. The molecule has 0 saturated carbocycles. The Kier molecular flexibility index (Phi) is 10.9. The van der Waals surface area contributed by atoms with E-state index in [0.717, 1.165) is 6.42 Å². The summed E-state index contributed by atoms with van der Waals surface area (Å²) in [7, 11) is 1.64. The molecule has 0 aromatic carbocycles. The van der Waals surface area contributed by atoms with Gasteiger partial charge in [-0.2, -0.15) is 0 Å². The molecule has 0 aromatic heterocycles. The Bertz CT molecular complexity index is 152. The number of methoxy groups -OCH3 is 1. The highest BCUT2D eigenvalue weighted by Gasteiger charge is 1.92. The monoisotopic (exact) mass is 219 g/mol. The van der Waals surface area contributed by atoms with Gasteiger partial charge in [0.05, 0.1) is 26.4 Å². The predicted molar refractivity (Wildman–Crippen MR) is 56.8 cm³/mol. The lowest BCUT2D eigenvalue weighted by Gasteiger charge is -2.05. The first kappa shape index (κ1) is 14.3. The summed E-state index contributed by atoms with van der Waals surface area (Å²) in [6.45, 7) is 5.21. The highest BCUT2D eigenvalue weighted by molar-refractivity contribution is 5.72. The largest absolute Gasteiger partial charge is 0.382 e. The molecule has 0 heterocycles. The highest BCUT2D eigenvalue weighted by Crippen LogP contribution is 1.83. The minimum atomic E-state index is -0.00195. The number of hydrogen-bond donors (Lipinski definition) is 1. The third-order valence-corrected chi connectivity index (χ3v) is 1.64. The summed E-state index contributed by atoms with van der Waals surface area (Å²) >= 11 is 0. The van der Waals surface area contributed by atoms with Gasteiger partial charge in [0.25, 0.3) is 0 Å². The lowest BCUT2D eigenvalue weighted by molar-refractivity contribution is -0.119. The quantitative estimate of drug-likeness (QED) is 0.533. The molecular weight excluding hydrogens is 198 g/mol. The van der Waals surface area contributed by atoms with E-state index in [1.54, 1.807) is 7.11 Å². The van der Waals surface area contributed by atoms with Crippen LogP contribution in [0.15, 0.2) is 0 Å². The van der Waals surface area contributed by atoms with E-state index in [9.17, 15) is 4.79 Å². The van der Waals surface area contributed by atoms with Crippen LogP contribution < -0.4 is 5.32 Å². The summed E-state index contributed by atoms with van der Waals surface area (Å²) in [6, 6.07) is 0. The van der Waals surface area contributed by atoms with E-state index >= 15 is 0 Å². The summed E-state index contributed by atoms with van der Waals surface area (Å²) in [4.78, 5) is 10.5. The Morgan fingerprint density at radius 2 is 1.67 bits per heavy atom. The Labute approximate surface area is 91.1 Å². The minimum Gasteiger partial charge on any atom is -0.382 e. The first-order valence-electron chi connectivity index (χ1n) is 5.16. The van der Waals surface area contributed by atoms with Crippen LogP contribution in [0.1, 0.15) is 13.3 Å². The van der Waals surface area contributed by atoms with E-state index < -0.39 is 0 Å². The summed E-state index contributed by atoms with van der Waals surface area (Å²) in [5.41, 5.74) is 0. The van der Waals surface area contributed by atoms with Crippen LogP contribution in [0.5, 0.6) is 0 Å². The van der Waals surface area contributed by atoms with E-state index in [0.29, 0.717) is 39.6 Å². The van der Waals surface area contributed by atoms with Crippen molar-refractivity contribution in [1.82, 2.24) is 5.32 Å². The zero-order valence-electron chi connectivity index (χ0n) is 9.58. The van der Waals surface area contributed by atoms with Crippen LogP contribution in [0, 0.1) is 0 Å². The van der Waals surface area contributed by atoms with Gasteiger partial charge in [-0.3, -0.25) is 4.79 Å². The van der Waals surface area contributed by atoms with Crippen molar-refractivity contribution in [2.24, 2.45) is 0 Å². The topological polar surface area (TPSA) is 56.8 Å². The first-order valence-corrected chi connectivity index (χ1v) is 5.16. The number of hydrogen-bond acceptors (Lipinski definition) is 4. The standard InChI is InChI=1S/C10H21NO4/c1-10(12)11-4-3-5-14-8-9-15-7-6-13-2/h3-9H2,1-2H3,(H,11,12). The van der Waals surface area contributed by atoms with Gasteiger partial charge in [0.15, 0.2) is 0 Å². The van der Waals surface area contributed by atoms with Crippen LogP contribution in [0.25, 0.3) is 0 Å². The molecule has 15 heavy (non-hydrogen) atoms. The van der Waals surface area contributed by atoms with Crippen LogP contribution >= 0.6 is 0 Å². The van der Waals surface area contributed by atoms with Crippen LogP contribution in [0.3, 0.4) is 0 Å². The van der Waals surface area contributed by atoms with Crippen molar-refractivity contribution in [1.29, 1.82) is 0 Å². The number of rotatable bonds is 10. The highest BCUT2D eigenvalue weighted by atomic mass is 16.5. The Morgan fingerprint density at radius 1 is 1.07 bits per heavy atom. The first-order chi connectivity index (χ1) is 7.27. The van der Waals surface area contributed by atoms with E-state index in [2.05, 4.69) is 5.32 Å². The lowest BCUT2D eigenvalue weighted by Crippen LogP contribution is -2.22. The van der Waals surface area contributed by atoms with Crippen molar-refractivity contribution >= 4 is 5.91 Å². The maximum atomic E-state index is 10.5. The molecule has 0 bridgehead atoms. The summed E-state index contributed by atoms with van der Waals surface area (Å²) in [5, 5.41) is 2.70. The second-order valence-corrected chi connectivity index (χ2v) is 3.05. The maximum absolute atomic E-state index is 10.5. The molecule has 90 valence electrons. The van der Waals surface area contributed by atoms with E-state index in [1.165, 1.54) is 6.92 Å². The Hall–Kier alpha value is -0.650. The minimum absolute atomic E-state index is 0.00195. The van der Waals surface area contributed by atoms with Crippen molar-refractivity contribution in [3.63, 3.8) is 0 Å². The van der Waals surface area contributed by atoms with Gasteiger partial charge in [0, 0.05) is 27.2 Å². The third kappa shape index (κ3) is 13.3. The molecule has 0 aliphatic carbocycles. The molecular formula is C10H21NO4. The molecule has 1 N–H and O–H groups in total. The second-order valence-electron chi connectivity index (χ2n) is 3.05. The van der Waals surface area contributed by atoms with Gasteiger partial charge in [-0.25, -0.2) is 0 Å². The molecule has 0 radical (unpaired) electrons. The number of carbonyl (C=O) groups excluding carboxylic acids is 1. The zero-order chi connectivity index (χ0) is 11.4. The second kappa shape index (κ2) is 11.4. The van der Waals surface area contributed by atoms with Gasteiger partial charge in [-0.05, 0) is 6.42 Å². The van der Waals surface area contributed by atoms with Gasteiger partial charge in [-0.1, -0.05) is 0 Å². The number of carbonyl (C=O) groups is 1. The van der Waals surface area contributed by atoms with Gasteiger partial charge >= 0.3 is 0 Å². The van der Waals surface area contributed by atoms with Crippen molar-refractivity contribution in [2.75, 3.05) is 46.7 Å². The predicted octanol–water partition coefficient (Wildman–Crippen LogP) is 0.192. The molecule has 0 aliphatic rings. The van der Waals surface area contributed by atoms with Crippen LogP contribution in [-0.2, 0) is 19.0 Å². The molecule has 0 rings (SSSR count). The van der Waals surface area contributed by atoms with Crippen LogP contribution in [0.2, 0.25) is 0 Å². The van der Waals surface area contributed by atoms with Crippen LogP contribution in [0.4, 0.5) is 0 Å². The molecule has 1 amide bonds. The fourth-order valence-electron chi connectivity index (χ4n) is 0.903. The summed E-state index contributed by atoms with van der Waals surface area (Å²) in [5.74, 6) is -0.00195. The maximum Gasteiger partial charge on any atom is 0.216 e. The molecule has 0 fully saturated rings. The average molecular weight is 219 g/mol. The fraction of sp³-hybridized carbons (Fsp3) is 0.900. The number of amides is 1. The molecule has 0 unspecified atom stereocenters. The van der Waals surface area contributed by atoms with Crippen molar-refractivity contribution in [3.8, 4) is 0 Å². The Balaban J connectivity index is 2.89. The van der Waals surface area contributed by atoms with E-state index in [4.69, 9.17) is 14.2 Å².